The number of hydrogen-bond acceptors (Lipinski definition) is 5. The van der Waals surface area contributed by atoms with E-state index in [2.05, 4.69) is 5.32 Å². The monoisotopic (exact) mass is 440 g/mol. The number of hydrogen-bond donors (Lipinski definition) is 1. The third kappa shape index (κ3) is 5.48. The van der Waals surface area contributed by atoms with E-state index in [0.717, 1.165) is 5.56 Å². The highest BCUT2D eigenvalue weighted by atomic mass is 35.5. The van der Waals surface area contributed by atoms with Crippen molar-refractivity contribution >= 4 is 45.0 Å². The van der Waals surface area contributed by atoms with Gasteiger partial charge in [0.05, 0.1) is 34.6 Å². The molecular formula is C19H21ClN2O4S2. The van der Waals surface area contributed by atoms with Crippen molar-refractivity contribution in [3.8, 4) is 0 Å². The molecule has 150 valence electrons. The zero-order valence-corrected chi connectivity index (χ0v) is 17.5. The molecule has 2 aromatic rings. The Bertz CT molecular complexity index is 917. The molecule has 1 saturated heterocycles. The molecule has 0 aromatic heterocycles. The standard InChI is InChI=1S/C19H21ClN2O4S2/c20-17-7-6-16(28(24,25)22-8-10-26-11-9-22)12-18(17)21-19(23)14-27-13-15-4-2-1-3-5-15/h1-7,12H,8-11,13-14H2,(H,21,23). The Kier molecular flexibility index (Phi) is 7.36. The minimum absolute atomic E-state index is 0.103. The van der Waals surface area contributed by atoms with Crippen molar-refractivity contribution in [1.82, 2.24) is 4.31 Å². The number of amides is 1. The molecule has 28 heavy (non-hydrogen) atoms. The molecule has 3 rings (SSSR count). The van der Waals surface area contributed by atoms with E-state index in [9.17, 15) is 13.2 Å². The van der Waals surface area contributed by atoms with Crippen LogP contribution in [0.4, 0.5) is 5.69 Å². The van der Waals surface area contributed by atoms with E-state index in [1.807, 2.05) is 30.3 Å². The summed E-state index contributed by atoms with van der Waals surface area (Å²) in [6, 6.07) is 14.2. The van der Waals surface area contributed by atoms with Gasteiger partial charge in [-0.25, -0.2) is 8.42 Å². The van der Waals surface area contributed by atoms with Gasteiger partial charge in [-0.3, -0.25) is 4.79 Å². The maximum absolute atomic E-state index is 12.8. The molecule has 1 N–H and O–H groups in total. The second-order valence-electron chi connectivity index (χ2n) is 6.18. The topological polar surface area (TPSA) is 75.7 Å². The largest absolute Gasteiger partial charge is 0.379 e. The molecular weight excluding hydrogens is 420 g/mol. The highest BCUT2D eigenvalue weighted by molar-refractivity contribution is 7.99. The summed E-state index contributed by atoms with van der Waals surface area (Å²) in [6.07, 6.45) is 0. The lowest BCUT2D eigenvalue weighted by Gasteiger charge is -2.26. The molecule has 1 aliphatic rings. The molecule has 1 heterocycles. The summed E-state index contributed by atoms with van der Waals surface area (Å²) in [5.41, 5.74) is 1.43. The van der Waals surface area contributed by atoms with Crippen LogP contribution in [0.15, 0.2) is 53.4 Å². The number of morpholine rings is 1. The zero-order valence-electron chi connectivity index (χ0n) is 15.1. The SMILES string of the molecule is O=C(CSCc1ccccc1)Nc1cc(S(=O)(=O)N2CCOCC2)ccc1Cl. The molecule has 0 atom stereocenters. The van der Waals surface area contributed by atoms with Gasteiger partial charge in [-0.15, -0.1) is 11.8 Å². The lowest BCUT2D eigenvalue weighted by molar-refractivity contribution is -0.113. The highest BCUT2D eigenvalue weighted by Crippen LogP contribution is 2.27. The van der Waals surface area contributed by atoms with Gasteiger partial charge >= 0.3 is 0 Å². The Morgan fingerprint density at radius 1 is 1.14 bits per heavy atom. The van der Waals surface area contributed by atoms with Gasteiger partial charge in [-0.1, -0.05) is 41.9 Å². The zero-order chi connectivity index (χ0) is 20.0. The summed E-state index contributed by atoms with van der Waals surface area (Å²) < 4.78 is 32.1. The molecule has 6 nitrogen and oxygen atoms in total. The number of thioether (sulfide) groups is 1. The lowest BCUT2D eigenvalue weighted by Crippen LogP contribution is -2.40. The van der Waals surface area contributed by atoms with E-state index < -0.39 is 10.0 Å². The van der Waals surface area contributed by atoms with Gasteiger partial charge in [-0.2, -0.15) is 4.31 Å². The van der Waals surface area contributed by atoms with Crippen LogP contribution in [0.3, 0.4) is 0 Å². The quantitative estimate of drug-likeness (QED) is 0.715. The second-order valence-corrected chi connectivity index (χ2v) is 9.52. The van der Waals surface area contributed by atoms with E-state index in [-0.39, 0.29) is 16.6 Å². The van der Waals surface area contributed by atoms with E-state index >= 15 is 0 Å². The number of nitrogens with one attached hydrogen (secondary N) is 1. The molecule has 0 radical (unpaired) electrons. The normalized spacial score (nSPS) is 15.3. The highest BCUT2D eigenvalue weighted by Gasteiger charge is 2.27. The number of rotatable bonds is 7. The Balaban J connectivity index is 1.63. The smallest absolute Gasteiger partial charge is 0.243 e. The average molecular weight is 441 g/mol. The van der Waals surface area contributed by atoms with Crippen LogP contribution in [0.1, 0.15) is 5.56 Å². The fraction of sp³-hybridized carbons (Fsp3) is 0.316. The van der Waals surface area contributed by atoms with Crippen molar-refractivity contribution < 1.29 is 17.9 Å². The Labute approximate surface area is 174 Å². The maximum Gasteiger partial charge on any atom is 0.243 e. The van der Waals surface area contributed by atoms with Gasteiger partial charge in [-0.05, 0) is 23.8 Å². The first-order chi connectivity index (χ1) is 13.5. The van der Waals surface area contributed by atoms with Crippen LogP contribution >= 0.6 is 23.4 Å². The van der Waals surface area contributed by atoms with E-state index in [4.69, 9.17) is 16.3 Å². The minimum atomic E-state index is -3.65. The Morgan fingerprint density at radius 3 is 2.57 bits per heavy atom. The molecule has 0 unspecified atom stereocenters. The summed E-state index contributed by atoms with van der Waals surface area (Å²) >= 11 is 7.63. The van der Waals surface area contributed by atoms with Crippen LogP contribution in [0.5, 0.6) is 0 Å². The van der Waals surface area contributed by atoms with Crippen molar-refractivity contribution in [1.29, 1.82) is 0 Å². The van der Waals surface area contributed by atoms with Crippen LogP contribution in [-0.4, -0.2) is 50.7 Å². The van der Waals surface area contributed by atoms with Gasteiger partial charge in [0.2, 0.25) is 15.9 Å². The summed E-state index contributed by atoms with van der Waals surface area (Å²) in [6.45, 7) is 1.36. The van der Waals surface area contributed by atoms with Gasteiger partial charge in [0.15, 0.2) is 0 Å². The van der Waals surface area contributed by atoms with Gasteiger partial charge in [0.1, 0.15) is 0 Å². The first-order valence-electron chi connectivity index (χ1n) is 8.76. The molecule has 0 aliphatic carbocycles. The number of benzene rings is 2. The van der Waals surface area contributed by atoms with Crippen molar-refractivity contribution in [2.45, 2.75) is 10.6 Å². The number of halogens is 1. The summed E-state index contributed by atoms with van der Waals surface area (Å²) in [7, 11) is -3.65. The average Bonchev–Trinajstić information content (AvgIpc) is 2.71. The number of sulfonamides is 1. The minimum Gasteiger partial charge on any atom is -0.379 e. The van der Waals surface area contributed by atoms with E-state index in [0.29, 0.717) is 42.8 Å². The molecule has 2 aromatic carbocycles. The van der Waals surface area contributed by atoms with Gasteiger partial charge < -0.3 is 10.1 Å². The summed E-state index contributed by atoms with van der Waals surface area (Å²) in [5, 5.41) is 3.01. The van der Waals surface area contributed by atoms with E-state index in [1.54, 1.807) is 0 Å². The predicted octanol–water partition coefficient (Wildman–Crippen LogP) is 3.23. The second kappa shape index (κ2) is 9.76. The molecule has 0 bridgehead atoms. The number of anilines is 1. The van der Waals surface area contributed by atoms with Crippen LogP contribution < -0.4 is 5.32 Å². The number of nitrogens with zero attached hydrogens (tertiary/aromatic N) is 1. The molecule has 1 fully saturated rings. The summed E-state index contributed by atoms with van der Waals surface area (Å²) in [4.78, 5) is 12.4. The summed E-state index contributed by atoms with van der Waals surface area (Å²) in [5.74, 6) is 0.725. The van der Waals surface area contributed by atoms with Crippen LogP contribution in [0, 0.1) is 0 Å². The van der Waals surface area contributed by atoms with E-state index in [1.165, 1.54) is 34.3 Å². The van der Waals surface area contributed by atoms with Crippen molar-refractivity contribution in [2.24, 2.45) is 0 Å². The van der Waals surface area contributed by atoms with Crippen molar-refractivity contribution in [3.63, 3.8) is 0 Å². The van der Waals surface area contributed by atoms with Crippen molar-refractivity contribution in [3.05, 3.63) is 59.1 Å². The fourth-order valence-corrected chi connectivity index (χ4v) is 5.11. The Hall–Kier alpha value is -1.58. The van der Waals surface area contributed by atoms with Gasteiger partial charge in [0.25, 0.3) is 0 Å². The third-order valence-corrected chi connectivity index (χ3v) is 7.39. The maximum atomic E-state index is 12.8. The first kappa shape index (κ1) is 21.1. The Morgan fingerprint density at radius 2 is 1.86 bits per heavy atom. The van der Waals surface area contributed by atoms with Gasteiger partial charge in [0, 0.05) is 18.8 Å². The fourth-order valence-electron chi connectivity index (χ4n) is 2.72. The number of carbonyl (C=O) groups excluding carboxylic acids is 1. The molecule has 0 saturated carbocycles. The lowest BCUT2D eigenvalue weighted by atomic mass is 10.2. The van der Waals surface area contributed by atoms with Crippen LogP contribution in [0.2, 0.25) is 5.02 Å². The van der Waals surface area contributed by atoms with Crippen LogP contribution in [0.25, 0.3) is 0 Å². The number of carbonyl (C=O) groups is 1. The third-order valence-electron chi connectivity index (χ3n) is 4.16. The molecule has 1 amide bonds. The molecule has 1 aliphatic heterocycles. The van der Waals surface area contributed by atoms with Crippen LogP contribution in [-0.2, 0) is 25.3 Å². The number of ether oxygens (including phenoxy) is 1. The predicted molar refractivity (Wildman–Crippen MR) is 112 cm³/mol. The van der Waals surface area contributed by atoms with Crippen molar-refractivity contribution in [2.75, 3.05) is 37.4 Å². The first-order valence-corrected chi connectivity index (χ1v) is 11.7. The molecule has 0 spiro atoms. The molecule has 9 heteroatoms.